The van der Waals surface area contributed by atoms with Crippen LogP contribution >= 0.6 is 23.1 Å². The van der Waals surface area contributed by atoms with E-state index < -0.39 is 0 Å². The van der Waals surface area contributed by atoms with Crippen LogP contribution in [0.15, 0.2) is 5.16 Å². The van der Waals surface area contributed by atoms with Gasteiger partial charge >= 0.3 is 0 Å². The van der Waals surface area contributed by atoms with Gasteiger partial charge in [-0.25, -0.2) is 0 Å². The fourth-order valence-corrected chi connectivity index (χ4v) is 5.82. The Labute approximate surface area is 166 Å². The third-order valence-corrected chi connectivity index (χ3v) is 7.56. The number of nitrogens with zero attached hydrogens (tertiary/aromatic N) is 4. The number of thiophene rings is 1. The highest BCUT2D eigenvalue weighted by atomic mass is 32.2. The molecule has 0 bridgehead atoms. The van der Waals surface area contributed by atoms with Gasteiger partial charge in [0.05, 0.1) is 11.3 Å². The summed E-state index contributed by atoms with van der Waals surface area (Å²) in [5.41, 5.74) is 1.82. The monoisotopic (exact) mass is 399 g/mol. The Bertz CT molecular complexity index is 933. The van der Waals surface area contributed by atoms with Crippen molar-refractivity contribution in [2.75, 3.05) is 11.1 Å². The van der Waals surface area contributed by atoms with E-state index in [0.29, 0.717) is 23.3 Å². The summed E-state index contributed by atoms with van der Waals surface area (Å²) in [6, 6.07) is 2.82. The number of aromatic nitrogens is 3. The molecule has 27 heavy (non-hydrogen) atoms. The fraction of sp³-hybridized carbons (Fsp3) is 0.579. The first kappa shape index (κ1) is 17.3. The second-order valence-corrected chi connectivity index (χ2v) is 9.63. The summed E-state index contributed by atoms with van der Waals surface area (Å²) in [4.78, 5) is 13.8. The smallest absolute Gasteiger partial charge is 0.235 e. The molecule has 0 atom stereocenters. The highest BCUT2D eigenvalue weighted by Gasteiger charge is 2.36. The van der Waals surface area contributed by atoms with E-state index in [1.54, 1.807) is 11.3 Å². The summed E-state index contributed by atoms with van der Waals surface area (Å²) in [5.74, 6) is 1.89. The van der Waals surface area contributed by atoms with Crippen molar-refractivity contribution in [3.8, 4) is 6.07 Å². The molecule has 2 saturated carbocycles. The molecule has 0 aliphatic heterocycles. The van der Waals surface area contributed by atoms with Gasteiger partial charge < -0.3 is 9.88 Å². The van der Waals surface area contributed by atoms with E-state index in [4.69, 9.17) is 0 Å². The summed E-state index contributed by atoms with van der Waals surface area (Å²) in [5, 5.41) is 22.8. The predicted molar refractivity (Wildman–Crippen MR) is 105 cm³/mol. The zero-order chi connectivity index (χ0) is 18.4. The number of thioether (sulfide) groups is 1. The maximum atomic E-state index is 12.5. The lowest BCUT2D eigenvalue weighted by atomic mass is 9.96. The Kier molecular flexibility index (Phi) is 4.44. The number of carbonyl (C=O) groups is 1. The van der Waals surface area contributed by atoms with Crippen LogP contribution in [0.1, 0.15) is 72.3 Å². The Morgan fingerprint density at radius 2 is 2.07 bits per heavy atom. The van der Waals surface area contributed by atoms with E-state index in [1.807, 2.05) is 0 Å². The Balaban J connectivity index is 1.27. The number of rotatable bonds is 6. The SMILES string of the molecule is N#Cc1c(NC(=O)CSc2nnc(C3CC3)n2C2CC2)sc2c1CCCC2. The predicted octanol–water partition coefficient (Wildman–Crippen LogP) is 4.03. The molecule has 3 aliphatic carbocycles. The molecule has 5 rings (SSSR count). The Morgan fingerprint density at radius 1 is 1.26 bits per heavy atom. The summed E-state index contributed by atoms with van der Waals surface area (Å²) in [7, 11) is 0. The van der Waals surface area contributed by atoms with Crippen LogP contribution in [-0.4, -0.2) is 26.4 Å². The lowest BCUT2D eigenvalue weighted by molar-refractivity contribution is -0.113. The molecular formula is C19H21N5OS2. The minimum Gasteiger partial charge on any atom is -0.316 e. The van der Waals surface area contributed by atoms with E-state index in [1.165, 1.54) is 48.7 Å². The Morgan fingerprint density at radius 3 is 2.81 bits per heavy atom. The number of hydrogen-bond donors (Lipinski definition) is 1. The number of nitriles is 1. The van der Waals surface area contributed by atoms with Crippen LogP contribution in [0.4, 0.5) is 5.00 Å². The molecule has 2 aromatic heterocycles. The van der Waals surface area contributed by atoms with Crippen LogP contribution in [0.25, 0.3) is 0 Å². The van der Waals surface area contributed by atoms with Gasteiger partial charge in [-0.05, 0) is 56.9 Å². The molecule has 2 aromatic rings. The van der Waals surface area contributed by atoms with Crippen LogP contribution in [0, 0.1) is 11.3 Å². The van der Waals surface area contributed by atoms with Crippen molar-refractivity contribution in [3.63, 3.8) is 0 Å². The van der Waals surface area contributed by atoms with E-state index >= 15 is 0 Å². The third kappa shape index (κ3) is 3.39. The number of hydrogen-bond acceptors (Lipinski definition) is 6. The molecule has 0 radical (unpaired) electrons. The number of anilines is 1. The van der Waals surface area contributed by atoms with Crippen molar-refractivity contribution < 1.29 is 4.79 Å². The van der Waals surface area contributed by atoms with Gasteiger partial charge in [0.25, 0.3) is 0 Å². The second kappa shape index (κ2) is 6.95. The van der Waals surface area contributed by atoms with Gasteiger partial charge in [-0.1, -0.05) is 11.8 Å². The van der Waals surface area contributed by atoms with Crippen LogP contribution < -0.4 is 5.32 Å². The molecular weight excluding hydrogens is 378 g/mol. The summed E-state index contributed by atoms with van der Waals surface area (Å²) in [6.45, 7) is 0. The van der Waals surface area contributed by atoms with Gasteiger partial charge in [0, 0.05) is 16.8 Å². The molecule has 6 nitrogen and oxygen atoms in total. The minimum absolute atomic E-state index is 0.0755. The minimum atomic E-state index is -0.0755. The summed E-state index contributed by atoms with van der Waals surface area (Å²) >= 11 is 3.03. The second-order valence-electron chi connectivity index (χ2n) is 7.58. The average molecular weight is 400 g/mol. The standard InChI is InChI=1S/C19H21N5OS2/c20-9-14-13-3-1-2-4-15(13)27-18(14)21-16(25)10-26-19-23-22-17(11-5-6-11)24(19)12-7-8-12/h11-12H,1-8,10H2,(H,21,25). The van der Waals surface area contributed by atoms with Crippen molar-refractivity contribution in [3.05, 3.63) is 21.8 Å². The lowest BCUT2D eigenvalue weighted by Crippen LogP contribution is -2.14. The summed E-state index contributed by atoms with van der Waals surface area (Å²) < 4.78 is 2.26. The molecule has 1 amide bonds. The van der Waals surface area contributed by atoms with Gasteiger partial charge in [-0.15, -0.1) is 21.5 Å². The molecule has 3 aliphatic rings. The van der Waals surface area contributed by atoms with Crippen molar-refractivity contribution in [1.29, 1.82) is 5.26 Å². The molecule has 8 heteroatoms. The number of aryl methyl sites for hydroxylation is 1. The van der Waals surface area contributed by atoms with E-state index in [-0.39, 0.29) is 5.91 Å². The topological polar surface area (TPSA) is 83.6 Å². The molecule has 0 saturated heterocycles. The van der Waals surface area contributed by atoms with Crippen molar-refractivity contribution in [2.45, 2.75) is 68.5 Å². The molecule has 140 valence electrons. The van der Waals surface area contributed by atoms with Crippen LogP contribution in [0.5, 0.6) is 0 Å². The molecule has 0 unspecified atom stereocenters. The number of carbonyl (C=O) groups excluding carboxylic acids is 1. The van der Waals surface area contributed by atoms with E-state index in [0.717, 1.165) is 40.8 Å². The number of amides is 1. The van der Waals surface area contributed by atoms with Crippen LogP contribution in [0.2, 0.25) is 0 Å². The first-order valence-electron chi connectivity index (χ1n) is 9.66. The lowest BCUT2D eigenvalue weighted by Gasteiger charge is -2.09. The Hall–Kier alpha value is -1.85. The molecule has 0 spiro atoms. The zero-order valence-electron chi connectivity index (χ0n) is 15.0. The summed E-state index contributed by atoms with van der Waals surface area (Å²) in [6.07, 6.45) is 9.05. The first-order chi connectivity index (χ1) is 13.2. The van der Waals surface area contributed by atoms with Crippen molar-refractivity contribution in [2.24, 2.45) is 0 Å². The highest BCUT2D eigenvalue weighted by molar-refractivity contribution is 7.99. The largest absolute Gasteiger partial charge is 0.316 e. The molecule has 0 aromatic carbocycles. The van der Waals surface area contributed by atoms with Gasteiger partial charge in [-0.3, -0.25) is 4.79 Å². The third-order valence-electron chi connectivity index (χ3n) is 5.41. The molecule has 1 N–H and O–H groups in total. The first-order valence-corrected chi connectivity index (χ1v) is 11.5. The quantitative estimate of drug-likeness (QED) is 0.741. The van der Waals surface area contributed by atoms with Crippen LogP contribution in [0.3, 0.4) is 0 Å². The normalized spacial score (nSPS) is 18.8. The van der Waals surface area contributed by atoms with Gasteiger partial charge in [0.15, 0.2) is 5.16 Å². The fourth-order valence-electron chi connectivity index (χ4n) is 3.75. The highest BCUT2D eigenvalue weighted by Crippen LogP contribution is 2.46. The van der Waals surface area contributed by atoms with Crippen LogP contribution in [-0.2, 0) is 17.6 Å². The van der Waals surface area contributed by atoms with Gasteiger partial charge in [0.1, 0.15) is 16.9 Å². The van der Waals surface area contributed by atoms with E-state index in [2.05, 4.69) is 26.2 Å². The maximum absolute atomic E-state index is 12.5. The number of nitrogens with one attached hydrogen (secondary N) is 1. The maximum Gasteiger partial charge on any atom is 0.235 e. The van der Waals surface area contributed by atoms with Crippen molar-refractivity contribution >= 4 is 34.0 Å². The molecule has 2 heterocycles. The van der Waals surface area contributed by atoms with Crippen molar-refractivity contribution in [1.82, 2.24) is 14.8 Å². The zero-order valence-corrected chi connectivity index (χ0v) is 16.7. The molecule has 2 fully saturated rings. The van der Waals surface area contributed by atoms with Gasteiger partial charge in [0.2, 0.25) is 5.91 Å². The number of fused-ring (bicyclic) bond motifs is 1. The average Bonchev–Trinajstić information content (AvgIpc) is 3.61. The van der Waals surface area contributed by atoms with Gasteiger partial charge in [-0.2, -0.15) is 5.26 Å². The van der Waals surface area contributed by atoms with E-state index in [9.17, 15) is 10.1 Å².